The van der Waals surface area contributed by atoms with Crippen molar-refractivity contribution in [1.82, 2.24) is 4.98 Å². The van der Waals surface area contributed by atoms with Gasteiger partial charge in [0.25, 0.3) is 0 Å². The van der Waals surface area contributed by atoms with Crippen LogP contribution in [0.1, 0.15) is 30.4 Å². The molecule has 1 aliphatic rings. The van der Waals surface area contributed by atoms with Crippen LogP contribution < -0.4 is 5.73 Å². The van der Waals surface area contributed by atoms with Crippen LogP contribution in [0.2, 0.25) is 0 Å². The molecule has 1 heterocycles. The van der Waals surface area contributed by atoms with Crippen molar-refractivity contribution in [3.63, 3.8) is 0 Å². The molecule has 0 unspecified atom stereocenters. The fourth-order valence-corrected chi connectivity index (χ4v) is 6.65. The Balaban J connectivity index is 1.28. The van der Waals surface area contributed by atoms with Gasteiger partial charge in [-0.25, -0.2) is 4.98 Å². The first-order chi connectivity index (χ1) is 14.7. The molecule has 1 aromatic heterocycles. The number of carbonyl (C=O) groups excluding carboxylic acids is 1. The average Bonchev–Trinajstić information content (AvgIpc) is 3.30. The van der Waals surface area contributed by atoms with E-state index in [1.54, 1.807) is 23.1 Å². The number of nitrogens with zero attached hydrogens (tertiary/aromatic N) is 1. The summed E-state index contributed by atoms with van der Waals surface area (Å²) in [4.78, 5) is 17.1. The van der Waals surface area contributed by atoms with E-state index < -0.39 is 5.41 Å². The van der Waals surface area contributed by atoms with Crippen molar-refractivity contribution in [2.45, 2.75) is 29.0 Å². The van der Waals surface area contributed by atoms with Gasteiger partial charge in [-0.1, -0.05) is 66.7 Å². The number of nitrogens with two attached hydrogens (primary N) is 1. The second-order valence-electron chi connectivity index (χ2n) is 7.69. The molecule has 0 radical (unpaired) electrons. The van der Waals surface area contributed by atoms with E-state index in [0.717, 1.165) is 56.4 Å². The number of benzene rings is 3. The summed E-state index contributed by atoms with van der Waals surface area (Å²) in [6.45, 7) is 0. The number of hydrogen-bond donors (Lipinski definition) is 1. The van der Waals surface area contributed by atoms with Gasteiger partial charge in [0.15, 0.2) is 4.34 Å². The van der Waals surface area contributed by atoms with Crippen molar-refractivity contribution in [3.8, 4) is 11.1 Å². The molecule has 4 aromatic rings. The third kappa shape index (κ3) is 3.22. The van der Waals surface area contributed by atoms with Crippen LogP contribution in [0.4, 0.5) is 5.69 Å². The SMILES string of the molecule is Nc1ccc2nc(SCCCCC3(C=O)c4ccccc4-c4ccccc43)sc2c1. The van der Waals surface area contributed by atoms with Crippen LogP contribution in [0.25, 0.3) is 21.3 Å². The zero-order valence-corrected chi connectivity index (χ0v) is 18.1. The van der Waals surface area contributed by atoms with E-state index in [2.05, 4.69) is 41.4 Å². The summed E-state index contributed by atoms with van der Waals surface area (Å²) < 4.78 is 2.22. The fraction of sp³-hybridized carbons (Fsp3) is 0.200. The minimum atomic E-state index is -0.523. The highest BCUT2D eigenvalue weighted by atomic mass is 32.2. The predicted molar refractivity (Wildman–Crippen MR) is 127 cm³/mol. The zero-order valence-electron chi connectivity index (χ0n) is 16.5. The van der Waals surface area contributed by atoms with Crippen molar-refractivity contribution >= 4 is 45.3 Å². The van der Waals surface area contributed by atoms with Gasteiger partial charge in [-0.2, -0.15) is 0 Å². The Kier molecular flexibility index (Phi) is 5.09. The van der Waals surface area contributed by atoms with Crippen molar-refractivity contribution < 1.29 is 4.79 Å². The van der Waals surface area contributed by atoms with E-state index in [9.17, 15) is 4.79 Å². The number of rotatable bonds is 7. The molecule has 0 atom stereocenters. The van der Waals surface area contributed by atoms with Crippen LogP contribution >= 0.6 is 23.1 Å². The topological polar surface area (TPSA) is 56.0 Å². The molecule has 0 spiro atoms. The molecule has 30 heavy (non-hydrogen) atoms. The average molecular weight is 431 g/mol. The first-order valence-corrected chi connectivity index (χ1v) is 12.0. The van der Waals surface area contributed by atoms with Crippen LogP contribution in [0.3, 0.4) is 0 Å². The summed E-state index contributed by atoms with van der Waals surface area (Å²) in [5, 5.41) is 0. The lowest BCUT2D eigenvalue weighted by atomic mass is 9.75. The van der Waals surface area contributed by atoms with Gasteiger partial charge in [-0.15, -0.1) is 11.3 Å². The van der Waals surface area contributed by atoms with E-state index in [0.29, 0.717) is 0 Å². The molecule has 0 saturated heterocycles. The number of thioether (sulfide) groups is 1. The molecular formula is C25H22N2OS2. The van der Waals surface area contributed by atoms with E-state index >= 15 is 0 Å². The molecule has 5 heteroatoms. The van der Waals surface area contributed by atoms with Gasteiger partial charge >= 0.3 is 0 Å². The molecule has 1 aliphatic carbocycles. The Bertz CT molecular complexity index is 1190. The Morgan fingerprint density at radius 3 is 2.37 bits per heavy atom. The molecule has 0 fully saturated rings. The quantitative estimate of drug-likeness (QED) is 0.162. The molecule has 3 nitrogen and oxygen atoms in total. The summed E-state index contributed by atoms with van der Waals surface area (Å²) >= 11 is 3.49. The third-order valence-corrected chi connectivity index (χ3v) is 8.14. The third-order valence-electron chi connectivity index (χ3n) is 5.89. The first kappa shape index (κ1) is 19.3. The highest BCUT2D eigenvalue weighted by Crippen LogP contribution is 2.50. The normalized spacial score (nSPS) is 13.9. The summed E-state index contributed by atoms with van der Waals surface area (Å²) in [6, 6.07) is 22.6. The summed E-state index contributed by atoms with van der Waals surface area (Å²) in [7, 11) is 0. The summed E-state index contributed by atoms with van der Waals surface area (Å²) in [6.07, 6.45) is 4.04. The maximum absolute atomic E-state index is 12.4. The highest BCUT2D eigenvalue weighted by molar-refractivity contribution is 8.01. The maximum atomic E-state index is 12.4. The standard InChI is InChI=1S/C25H22N2OS2/c26-17-11-12-22-23(15-17)30-24(27-22)29-14-6-5-13-25(16-28)20-9-3-1-7-18(20)19-8-2-4-10-21(19)25/h1-4,7-12,15-16H,5-6,13-14,26H2. The van der Waals surface area contributed by atoms with E-state index in [1.165, 1.54) is 17.4 Å². The number of hydrogen-bond acceptors (Lipinski definition) is 5. The van der Waals surface area contributed by atoms with Gasteiger partial charge in [0, 0.05) is 11.4 Å². The molecule has 0 saturated carbocycles. The van der Waals surface area contributed by atoms with Gasteiger partial charge in [0.1, 0.15) is 6.29 Å². The number of aromatic nitrogens is 1. The number of unbranched alkanes of at least 4 members (excludes halogenated alkanes) is 1. The first-order valence-electron chi connectivity index (χ1n) is 10.2. The van der Waals surface area contributed by atoms with Crippen molar-refractivity contribution in [2.75, 3.05) is 11.5 Å². The van der Waals surface area contributed by atoms with Crippen LogP contribution in [0.15, 0.2) is 71.1 Å². The molecular weight excluding hydrogens is 408 g/mol. The molecule has 3 aromatic carbocycles. The Labute approximate surface area is 184 Å². The summed E-state index contributed by atoms with van der Waals surface area (Å²) in [5.41, 5.74) is 11.8. The van der Waals surface area contributed by atoms with Gasteiger partial charge in [0.2, 0.25) is 0 Å². The van der Waals surface area contributed by atoms with Crippen LogP contribution in [0, 0.1) is 0 Å². The minimum Gasteiger partial charge on any atom is -0.399 e. The van der Waals surface area contributed by atoms with E-state index in [4.69, 9.17) is 5.73 Å². The van der Waals surface area contributed by atoms with E-state index in [1.807, 2.05) is 30.3 Å². The Morgan fingerprint density at radius 2 is 1.67 bits per heavy atom. The summed E-state index contributed by atoms with van der Waals surface area (Å²) in [5.74, 6) is 0.994. The number of aldehydes is 1. The smallest absolute Gasteiger partial charge is 0.151 e. The van der Waals surface area contributed by atoms with Crippen molar-refractivity contribution in [2.24, 2.45) is 0 Å². The zero-order chi connectivity index (χ0) is 20.6. The number of nitrogen functional groups attached to an aromatic ring is 1. The second kappa shape index (κ2) is 7.89. The largest absolute Gasteiger partial charge is 0.399 e. The lowest BCUT2D eigenvalue weighted by molar-refractivity contribution is -0.111. The number of carbonyl (C=O) groups is 1. The molecule has 2 N–H and O–H groups in total. The van der Waals surface area contributed by atoms with Gasteiger partial charge in [-0.3, -0.25) is 0 Å². The molecule has 0 bridgehead atoms. The number of anilines is 1. The Morgan fingerprint density at radius 1 is 0.967 bits per heavy atom. The fourth-order valence-electron chi connectivity index (χ4n) is 4.46. The second-order valence-corrected chi connectivity index (χ2v) is 10.1. The van der Waals surface area contributed by atoms with Gasteiger partial charge < -0.3 is 10.5 Å². The molecule has 150 valence electrons. The lowest BCUT2D eigenvalue weighted by Crippen LogP contribution is -2.27. The van der Waals surface area contributed by atoms with Crippen molar-refractivity contribution in [1.29, 1.82) is 0 Å². The lowest BCUT2D eigenvalue weighted by Gasteiger charge is -2.25. The van der Waals surface area contributed by atoms with Gasteiger partial charge in [0.05, 0.1) is 15.6 Å². The maximum Gasteiger partial charge on any atom is 0.151 e. The van der Waals surface area contributed by atoms with Gasteiger partial charge in [-0.05, 0) is 53.3 Å². The molecule has 0 aliphatic heterocycles. The van der Waals surface area contributed by atoms with Crippen LogP contribution in [0.5, 0.6) is 0 Å². The molecule has 5 rings (SSSR count). The monoisotopic (exact) mass is 430 g/mol. The Hall–Kier alpha value is -2.63. The van der Waals surface area contributed by atoms with Crippen LogP contribution in [-0.2, 0) is 10.2 Å². The van der Waals surface area contributed by atoms with Crippen molar-refractivity contribution in [3.05, 3.63) is 77.9 Å². The number of thiazole rings is 1. The number of fused-ring (bicyclic) bond motifs is 4. The van der Waals surface area contributed by atoms with Crippen LogP contribution in [-0.4, -0.2) is 17.0 Å². The predicted octanol–water partition coefficient (Wildman–Crippen LogP) is 6.31. The van der Waals surface area contributed by atoms with E-state index in [-0.39, 0.29) is 0 Å². The highest BCUT2D eigenvalue weighted by Gasteiger charge is 2.42. The molecule has 0 amide bonds. The minimum absolute atomic E-state index is 0.523.